The fourth-order valence-corrected chi connectivity index (χ4v) is 3.62. The van der Waals surface area contributed by atoms with Crippen molar-refractivity contribution in [1.29, 1.82) is 0 Å². The van der Waals surface area contributed by atoms with E-state index in [1.54, 1.807) is 0 Å². The summed E-state index contributed by atoms with van der Waals surface area (Å²) in [6, 6.07) is 12.6. The molecule has 0 spiro atoms. The third-order valence-electron chi connectivity index (χ3n) is 5.44. The first-order valence-electron chi connectivity index (χ1n) is 9.52. The maximum Gasteiger partial charge on any atom is 0.122 e. The van der Waals surface area contributed by atoms with Gasteiger partial charge in [-0.2, -0.15) is 0 Å². The lowest BCUT2D eigenvalue weighted by Crippen LogP contribution is -2.26. The zero-order valence-electron chi connectivity index (χ0n) is 16.4. The molecule has 2 rings (SSSR count). The van der Waals surface area contributed by atoms with Gasteiger partial charge in [-0.3, -0.25) is 0 Å². The van der Waals surface area contributed by atoms with Gasteiger partial charge in [0, 0.05) is 5.41 Å². The fourth-order valence-electron chi connectivity index (χ4n) is 3.62. The molecule has 136 valence electrons. The quantitative estimate of drug-likeness (QED) is 0.572. The highest BCUT2D eigenvalue weighted by Gasteiger charge is 2.31. The third-order valence-corrected chi connectivity index (χ3v) is 5.44. The Labute approximate surface area is 152 Å². The van der Waals surface area contributed by atoms with Crippen molar-refractivity contribution in [2.45, 2.75) is 65.7 Å². The van der Waals surface area contributed by atoms with Crippen LogP contribution in [0.25, 0.3) is 0 Å². The molecular formula is C23H32O2. The van der Waals surface area contributed by atoms with E-state index in [1.165, 1.54) is 16.7 Å². The van der Waals surface area contributed by atoms with Gasteiger partial charge in [0.05, 0.1) is 6.61 Å². The van der Waals surface area contributed by atoms with E-state index in [0.29, 0.717) is 5.75 Å². The van der Waals surface area contributed by atoms with Crippen LogP contribution in [0.15, 0.2) is 36.4 Å². The second-order valence-corrected chi connectivity index (χ2v) is 6.97. The average Bonchev–Trinajstić information content (AvgIpc) is 2.61. The zero-order chi connectivity index (χ0) is 18.4. The van der Waals surface area contributed by atoms with Crippen LogP contribution >= 0.6 is 0 Å². The molecule has 0 fully saturated rings. The zero-order valence-corrected chi connectivity index (χ0v) is 16.4. The molecule has 0 bridgehead atoms. The van der Waals surface area contributed by atoms with E-state index < -0.39 is 0 Å². The van der Waals surface area contributed by atoms with Gasteiger partial charge in [0.2, 0.25) is 0 Å². The number of rotatable bonds is 8. The minimum absolute atomic E-state index is 0.0365. The maximum atomic E-state index is 9.89. The molecule has 25 heavy (non-hydrogen) atoms. The lowest BCUT2D eigenvalue weighted by molar-refractivity contribution is 0.307. The highest BCUT2D eigenvalue weighted by molar-refractivity contribution is 5.47. The van der Waals surface area contributed by atoms with Gasteiger partial charge in [-0.25, -0.2) is 0 Å². The molecule has 0 aromatic heterocycles. The lowest BCUT2D eigenvalue weighted by atomic mass is 9.70. The van der Waals surface area contributed by atoms with Crippen molar-refractivity contribution >= 4 is 0 Å². The van der Waals surface area contributed by atoms with E-state index in [0.717, 1.165) is 43.6 Å². The van der Waals surface area contributed by atoms with Crippen molar-refractivity contribution in [2.75, 3.05) is 6.61 Å². The smallest absolute Gasteiger partial charge is 0.122 e. The SMILES string of the molecule is CCCCOc1ccc(C(CC)(CC)c2ccc(O)c(C)c2)cc1C. The Morgan fingerprint density at radius 3 is 2.00 bits per heavy atom. The molecule has 0 aliphatic carbocycles. The molecule has 0 radical (unpaired) electrons. The van der Waals surface area contributed by atoms with Crippen LogP contribution in [-0.4, -0.2) is 11.7 Å². The van der Waals surface area contributed by atoms with Gasteiger partial charge in [0.25, 0.3) is 0 Å². The molecule has 0 amide bonds. The van der Waals surface area contributed by atoms with E-state index >= 15 is 0 Å². The lowest BCUT2D eigenvalue weighted by Gasteiger charge is -2.34. The first-order chi connectivity index (χ1) is 12.0. The van der Waals surface area contributed by atoms with Gasteiger partial charge in [0.15, 0.2) is 0 Å². The van der Waals surface area contributed by atoms with Crippen LogP contribution in [0.4, 0.5) is 0 Å². The van der Waals surface area contributed by atoms with Gasteiger partial charge in [-0.1, -0.05) is 51.5 Å². The number of ether oxygens (including phenoxy) is 1. The van der Waals surface area contributed by atoms with Gasteiger partial charge in [0.1, 0.15) is 11.5 Å². The second kappa shape index (κ2) is 8.42. The standard InChI is InChI=1S/C23H32O2/c1-6-9-14-25-22-13-11-20(16-18(22)5)23(7-2,8-3)19-10-12-21(24)17(4)15-19/h10-13,15-16,24H,6-9,14H2,1-5H3. The summed E-state index contributed by atoms with van der Waals surface area (Å²) in [5.74, 6) is 1.35. The Hall–Kier alpha value is -1.96. The number of hydrogen-bond acceptors (Lipinski definition) is 2. The molecular weight excluding hydrogens is 308 g/mol. The van der Waals surface area contributed by atoms with Crippen LogP contribution < -0.4 is 4.74 Å². The highest BCUT2D eigenvalue weighted by atomic mass is 16.5. The van der Waals surface area contributed by atoms with Crippen LogP contribution in [0.3, 0.4) is 0 Å². The van der Waals surface area contributed by atoms with Crippen LogP contribution in [0.5, 0.6) is 11.5 Å². The minimum Gasteiger partial charge on any atom is -0.508 e. The number of phenols is 1. The largest absolute Gasteiger partial charge is 0.508 e. The molecule has 0 heterocycles. The molecule has 0 saturated heterocycles. The molecule has 1 N–H and O–H groups in total. The van der Waals surface area contributed by atoms with E-state index in [4.69, 9.17) is 4.74 Å². The summed E-state index contributed by atoms with van der Waals surface area (Å²) in [6.07, 6.45) is 4.26. The van der Waals surface area contributed by atoms with Crippen molar-refractivity contribution in [1.82, 2.24) is 0 Å². The molecule has 0 saturated carbocycles. The monoisotopic (exact) mass is 340 g/mol. The van der Waals surface area contributed by atoms with Crippen molar-refractivity contribution in [3.05, 3.63) is 58.7 Å². The number of hydrogen-bond donors (Lipinski definition) is 1. The Morgan fingerprint density at radius 2 is 1.48 bits per heavy atom. The van der Waals surface area contributed by atoms with Crippen molar-refractivity contribution < 1.29 is 9.84 Å². The molecule has 2 nitrogen and oxygen atoms in total. The summed E-state index contributed by atoms with van der Waals surface area (Å²) < 4.78 is 5.92. The van der Waals surface area contributed by atoms with Gasteiger partial charge in [-0.05, 0) is 67.5 Å². The summed E-state index contributed by atoms with van der Waals surface area (Å²) in [4.78, 5) is 0. The normalized spacial score (nSPS) is 11.6. The number of phenolic OH excluding ortho intramolecular Hbond substituents is 1. The van der Waals surface area contributed by atoms with Gasteiger partial charge in [-0.15, -0.1) is 0 Å². The third kappa shape index (κ3) is 4.00. The Balaban J connectivity index is 2.42. The number of benzene rings is 2. The van der Waals surface area contributed by atoms with E-state index in [-0.39, 0.29) is 5.41 Å². The maximum absolute atomic E-state index is 9.89. The first-order valence-corrected chi connectivity index (χ1v) is 9.52. The van der Waals surface area contributed by atoms with Crippen LogP contribution in [0.1, 0.15) is 68.7 Å². The molecule has 0 aliphatic heterocycles. The molecule has 2 aromatic rings. The van der Waals surface area contributed by atoms with Crippen molar-refractivity contribution in [2.24, 2.45) is 0 Å². The van der Waals surface area contributed by atoms with Crippen molar-refractivity contribution in [3.63, 3.8) is 0 Å². The Bertz CT molecular complexity index is 699. The minimum atomic E-state index is -0.0365. The molecule has 2 heteroatoms. The van der Waals surface area contributed by atoms with E-state index in [1.807, 2.05) is 13.0 Å². The summed E-state index contributed by atoms with van der Waals surface area (Å²) in [5.41, 5.74) is 4.68. The average molecular weight is 341 g/mol. The van der Waals surface area contributed by atoms with Gasteiger partial charge >= 0.3 is 0 Å². The van der Waals surface area contributed by atoms with Crippen LogP contribution in [-0.2, 0) is 5.41 Å². The molecule has 0 aliphatic rings. The first kappa shape index (κ1) is 19.4. The Kier molecular flexibility index (Phi) is 6.52. The predicted molar refractivity (Wildman–Crippen MR) is 106 cm³/mol. The van der Waals surface area contributed by atoms with Crippen molar-refractivity contribution in [3.8, 4) is 11.5 Å². The van der Waals surface area contributed by atoms with Crippen LogP contribution in [0, 0.1) is 13.8 Å². The summed E-state index contributed by atoms with van der Waals surface area (Å²) in [7, 11) is 0. The fraction of sp³-hybridized carbons (Fsp3) is 0.478. The van der Waals surface area contributed by atoms with Gasteiger partial charge < -0.3 is 9.84 Å². The summed E-state index contributed by atoms with van der Waals surface area (Å²) >= 11 is 0. The molecule has 0 atom stereocenters. The molecule has 2 aromatic carbocycles. The van der Waals surface area contributed by atoms with E-state index in [9.17, 15) is 5.11 Å². The number of aromatic hydroxyl groups is 1. The second-order valence-electron chi connectivity index (χ2n) is 6.97. The summed E-state index contributed by atoms with van der Waals surface area (Å²) in [6.45, 7) is 11.5. The number of unbranched alkanes of at least 4 members (excludes halogenated alkanes) is 1. The van der Waals surface area contributed by atoms with E-state index in [2.05, 4.69) is 58.0 Å². The Morgan fingerprint density at radius 1 is 0.880 bits per heavy atom. The topological polar surface area (TPSA) is 29.5 Å². The number of aryl methyl sites for hydroxylation is 2. The summed E-state index contributed by atoms with van der Waals surface area (Å²) in [5, 5.41) is 9.89. The predicted octanol–water partition coefficient (Wildman–Crippen LogP) is 6.29. The van der Waals surface area contributed by atoms with Crippen LogP contribution in [0.2, 0.25) is 0 Å². The highest BCUT2D eigenvalue weighted by Crippen LogP contribution is 2.41. The molecule has 0 unspecified atom stereocenters.